The lowest BCUT2D eigenvalue weighted by Gasteiger charge is -2.09. The fourth-order valence-corrected chi connectivity index (χ4v) is 3.32. The summed E-state index contributed by atoms with van der Waals surface area (Å²) in [6.45, 7) is 8.53. The van der Waals surface area contributed by atoms with E-state index in [0.717, 1.165) is 23.1 Å². The fourth-order valence-electron chi connectivity index (χ4n) is 2.46. The summed E-state index contributed by atoms with van der Waals surface area (Å²) in [5, 5.41) is 9.21. The van der Waals surface area contributed by atoms with Gasteiger partial charge in [-0.05, 0) is 25.5 Å². The van der Waals surface area contributed by atoms with Crippen molar-refractivity contribution in [3.05, 3.63) is 41.2 Å². The molecular formula is C18H23N3O2S. The van der Waals surface area contributed by atoms with Crippen molar-refractivity contribution < 1.29 is 9.59 Å². The van der Waals surface area contributed by atoms with Gasteiger partial charge in [-0.25, -0.2) is 0 Å². The Bertz CT molecular complexity index is 738. The highest BCUT2D eigenvalue weighted by molar-refractivity contribution is 7.99. The molecule has 1 heterocycles. The number of hydrogen-bond donors (Lipinski definition) is 0. The van der Waals surface area contributed by atoms with Crippen LogP contribution in [0.4, 0.5) is 0 Å². The molecule has 1 aromatic heterocycles. The van der Waals surface area contributed by atoms with E-state index in [2.05, 4.69) is 28.6 Å². The molecular weight excluding hydrogens is 322 g/mol. The van der Waals surface area contributed by atoms with Crippen molar-refractivity contribution in [3.63, 3.8) is 0 Å². The molecule has 24 heavy (non-hydrogen) atoms. The largest absolute Gasteiger partial charge is 0.306 e. The third-order valence-corrected chi connectivity index (χ3v) is 4.70. The first kappa shape index (κ1) is 18.4. The van der Waals surface area contributed by atoms with Crippen LogP contribution >= 0.6 is 11.8 Å². The van der Waals surface area contributed by atoms with Gasteiger partial charge in [0.15, 0.2) is 10.9 Å². The molecule has 0 aliphatic carbocycles. The van der Waals surface area contributed by atoms with Gasteiger partial charge in [-0.3, -0.25) is 9.59 Å². The molecule has 128 valence electrons. The van der Waals surface area contributed by atoms with Crippen LogP contribution in [0.25, 0.3) is 0 Å². The number of ketones is 2. The van der Waals surface area contributed by atoms with Crippen LogP contribution in [0.15, 0.2) is 29.4 Å². The van der Waals surface area contributed by atoms with Gasteiger partial charge in [-0.1, -0.05) is 43.8 Å². The molecule has 0 unspecified atom stereocenters. The van der Waals surface area contributed by atoms with Crippen LogP contribution in [0.5, 0.6) is 0 Å². The van der Waals surface area contributed by atoms with Crippen molar-refractivity contribution in [1.82, 2.24) is 14.8 Å². The quantitative estimate of drug-likeness (QED) is 0.541. The molecule has 0 atom stereocenters. The van der Waals surface area contributed by atoms with E-state index >= 15 is 0 Å². The van der Waals surface area contributed by atoms with Crippen LogP contribution in [0.1, 0.15) is 55.4 Å². The maximum Gasteiger partial charge on any atom is 0.191 e. The van der Waals surface area contributed by atoms with Gasteiger partial charge >= 0.3 is 0 Å². The predicted molar refractivity (Wildman–Crippen MR) is 95.7 cm³/mol. The molecule has 2 aromatic rings. The van der Waals surface area contributed by atoms with Gasteiger partial charge in [0.2, 0.25) is 0 Å². The molecule has 0 saturated carbocycles. The van der Waals surface area contributed by atoms with E-state index in [0.29, 0.717) is 23.7 Å². The van der Waals surface area contributed by atoms with Crippen LogP contribution in [-0.2, 0) is 17.8 Å². The fraction of sp³-hybridized carbons (Fsp3) is 0.444. The summed E-state index contributed by atoms with van der Waals surface area (Å²) in [5.74, 6) is 1.72. The molecule has 0 aliphatic heterocycles. The first-order valence-electron chi connectivity index (χ1n) is 8.09. The third kappa shape index (κ3) is 4.54. The molecule has 0 N–H and O–H groups in total. The van der Waals surface area contributed by atoms with Crippen molar-refractivity contribution in [2.45, 2.75) is 51.7 Å². The Morgan fingerprint density at radius 1 is 1.25 bits per heavy atom. The Morgan fingerprint density at radius 2 is 2.00 bits per heavy atom. The van der Waals surface area contributed by atoms with Crippen molar-refractivity contribution in [3.8, 4) is 0 Å². The lowest BCUT2D eigenvalue weighted by molar-refractivity contribution is -0.116. The number of carbonyl (C=O) groups excluding carboxylic acids is 2. The second kappa shape index (κ2) is 8.24. The molecule has 0 fully saturated rings. The highest BCUT2D eigenvalue weighted by Gasteiger charge is 2.15. The highest BCUT2D eigenvalue weighted by atomic mass is 32.2. The molecule has 0 radical (unpaired) electrons. The molecule has 0 spiro atoms. The highest BCUT2D eigenvalue weighted by Crippen LogP contribution is 2.21. The molecule has 0 bridgehead atoms. The van der Waals surface area contributed by atoms with Crippen LogP contribution in [0.2, 0.25) is 0 Å². The van der Waals surface area contributed by atoms with Gasteiger partial charge in [-0.2, -0.15) is 0 Å². The lowest BCUT2D eigenvalue weighted by Crippen LogP contribution is -2.09. The molecule has 0 saturated heterocycles. The number of rotatable bonds is 8. The maximum absolute atomic E-state index is 12.2. The normalized spacial score (nSPS) is 11.0. The van der Waals surface area contributed by atoms with E-state index in [1.54, 1.807) is 12.1 Å². The maximum atomic E-state index is 12.2. The van der Waals surface area contributed by atoms with E-state index in [-0.39, 0.29) is 11.6 Å². The summed E-state index contributed by atoms with van der Waals surface area (Å²) in [7, 11) is 0. The van der Waals surface area contributed by atoms with Crippen molar-refractivity contribution in [2.75, 3.05) is 5.75 Å². The molecule has 2 rings (SSSR count). The van der Waals surface area contributed by atoms with Gasteiger partial charge in [0.1, 0.15) is 11.6 Å². The van der Waals surface area contributed by atoms with E-state index in [9.17, 15) is 9.59 Å². The summed E-state index contributed by atoms with van der Waals surface area (Å²) >= 11 is 1.42. The van der Waals surface area contributed by atoms with Crippen molar-refractivity contribution in [2.24, 2.45) is 0 Å². The Hall–Kier alpha value is -1.95. The number of benzene rings is 1. The van der Waals surface area contributed by atoms with Gasteiger partial charge < -0.3 is 4.57 Å². The molecule has 5 nitrogen and oxygen atoms in total. The van der Waals surface area contributed by atoms with Gasteiger partial charge in [0.05, 0.1) is 5.75 Å². The minimum Gasteiger partial charge on any atom is -0.306 e. The Kier molecular flexibility index (Phi) is 6.31. The SMILES string of the molecule is CCn1c(SCC(=O)Cc2cccc(C(C)=O)c2)nnc1C(C)C. The van der Waals surface area contributed by atoms with Crippen LogP contribution in [0.3, 0.4) is 0 Å². The number of hydrogen-bond acceptors (Lipinski definition) is 5. The standard InChI is InChI=1S/C18H23N3O2S/c1-5-21-17(12(2)3)19-20-18(21)24-11-16(23)10-14-7-6-8-15(9-14)13(4)22/h6-9,12H,5,10-11H2,1-4H3. The summed E-state index contributed by atoms with van der Waals surface area (Å²) < 4.78 is 2.05. The number of Topliss-reactive ketones (excluding diaryl/α,β-unsaturated/α-hetero) is 2. The van der Waals surface area contributed by atoms with Crippen LogP contribution in [0, 0.1) is 0 Å². The first-order valence-corrected chi connectivity index (χ1v) is 9.08. The number of aromatic nitrogens is 3. The van der Waals surface area contributed by atoms with E-state index in [1.165, 1.54) is 18.7 Å². The van der Waals surface area contributed by atoms with E-state index < -0.39 is 0 Å². The monoisotopic (exact) mass is 345 g/mol. The average Bonchev–Trinajstić information content (AvgIpc) is 2.96. The molecule has 6 heteroatoms. The van der Waals surface area contributed by atoms with Gasteiger partial charge in [-0.15, -0.1) is 10.2 Å². The number of carbonyl (C=O) groups is 2. The summed E-state index contributed by atoms with van der Waals surface area (Å²) in [5.41, 5.74) is 1.51. The smallest absolute Gasteiger partial charge is 0.191 e. The molecule has 0 amide bonds. The van der Waals surface area contributed by atoms with Crippen molar-refractivity contribution in [1.29, 1.82) is 0 Å². The van der Waals surface area contributed by atoms with Gasteiger partial charge in [0.25, 0.3) is 0 Å². The van der Waals surface area contributed by atoms with E-state index in [4.69, 9.17) is 0 Å². The second-order valence-electron chi connectivity index (χ2n) is 6.00. The third-order valence-electron chi connectivity index (χ3n) is 3.68. The minimum atomic E-state index is 0.0101. The van der Waals surface area contributed by atoms with Crippen LogP contribution in [-0.4, -0.2) is 32.1 Å². The van der Waals surface area contributed by atoms with Crippen molar-refractivity contribution >= 4 is 23.3 Å². The molecule has 1 aromatic carbocycles. The zero-order chi connectivity index (χ0) is 17.7. The van der Waals surface area contributed by atoms with E-state index in [1.807, 2.05) is 19.1 Å². The Balaban J connectivity index is 1.99. The summed E-state index contributed by atoms with van der Waals surface area (Å²) in [4.78, 5) is 23.7. The topological polar surface area (TPSA) is 64.8 Å². The minimum absolute atomic E-state index is 0.0101. The lowest BCUT2D eigenvalue weighted by atomic mass is 10.0. The van der Waals surface area contributed by atoms with Crippen LogP contribution < -0.4 is 0 Å². The molecule has 0 aliphatic rings. The number of thioether (sulfide) groups is 1. The Labute approximate surface area is 146 Å². The zero-order valence-electron chi connectivity index (χ0n) is 14.6. The predicted octanol–water partition coefficient (Wildman–Crippen LogP) is 3.53. The second-order valence-corrected chi connectivity index (χ2v) is 6.94. The average molecular weight is 345 g/mol. The van der Waals surface area contributed by atoms with Gasteiger partial charge in [0, 0.05) is 24.4 Å². The first-order chi connectivity index (χ1) is 11.4. The Morgan fingerprint density at radius 3 is 2.62 bits per heavy atom. The number of nitrogens with zero attached hydrogens (tertiary/aromatic N) is 3. The summed E-state index contributed by atoms with van der Waals surface area (Å²) in [6, 6.07) is 7.24. The zero-order valence-corrected chi connectivity index (χ0v) is 15.4. The summed E-state index contributed by atoms with van der Waals surface area (Å²) in [6.07, 6.45) is 0.325.